The van der Waals surface area contributed by atoms with Gasteiger partial charge >= 0.3 is 0 Å². The Hall–Kier alpha value is -4.56. The number of nitrogens with one attached hydrogen (secondary N) is 2. The van der Waals surface area contributed by atoms with Crippen molar-refractivity contribution in [1.82, 2.24) is 24.8 Å². The van der Waals surface area contributed by atoms with Gasteiger partial charge in [-0.15, -0.1) is 12.3 Å². The summed E-state index contributed by atoms with van der Waals surface area (Å²) in [5.41, 5.74) is 7.72. The van der Waals surface area contributed by atoms with Gasteiger partial charge in [0.2, 0.25) is 11.7 Å². The van der Waals surface area contributed by atoms with E-state index in [9.17, 15) is 9.59 Å². The van der Waals surface area contributed by atoms with Gasteiger partial charge in [-0.25, -0.2) is 14.6 Å². The number of benzene rings is 1. The zero-order valence-corrected chi connectivity index (χ0v) is 18.4. The molecule has 4 aromatic rings. The van der Waals surface area contributed by atoms with Crippen molar-refractivity contribution in [1.29, 1.82) is 0 Å². The second-order valence-electron chi connectivity index (χ2n) is 7.49. The van der Waals surface area contributed by atoms with Gasteiger partial charge < -0.3 is 20.9 Å². The average Bonchev–Trinajstić information content (AvgIpc) is 3.44. The number of hydrogen-bond acceptors (Lipinski definition) is 9. The van der Waals surface area contributed by atoms with E-state index in [0.717, 1.165) is 5.52 Å². The number of imidazole rings is 1. The lowest BCUT2D eigenvalue weighted by molar-refractivity contribution is -0.117. The minimum atomic E-state index is -0.673. The van der Waals surface area contributed by atoms with E-state index in [2.05, 4.69) is 36.8 Å². The quantitative estimate of drug-likeness (QED) is 0.194. The summed E-state index contributed by atoms with van der Waals surface area (Å²) in [5, 5.41) is 13.6. The fourth-order valence-electron chi connectivity index (χ4n) is 3.23. The molecule has 0 radical (unpaired) electrons. The van der Waals surface area contributed by atoms with Gasteiger partial charge in [-0.1, -0.05) is 12.1 Å². The first-order chi connectivity index (χ1) is 16.5. The number of fused-ring (bicyclic) bond motifs is 1. The highest BCUT2D eigenvalue weighted by molar-refractivity contribution is 5.98. The molecule has 1 atom stereocenters. The predicted octanol–water partition coefficient (Wildman–Crippen LogP) is 2.09. The van der Waals surface area contributed by atoms with Crippen LogP contribution in [-0.4, -0.2) is 49.1 Å². The Kier molecular flexibility index (Phi) is 6.61. The van der Waals surface area contributed by atoms with E-state index in [0.29, 0.717) is 47.2 Å². The molecule has 3 aromatic heterocycles. The molecule has 11 heteroatoms. The summed E-state index contributed by atoms with van der Waals surface area (Å²) in [5.74, 6) is 3.09. The normalized spacial score (nSPS) is 11.7. The molecule has 0 aliphatic carbocycles. The second kappa shape index (κ2) is 9.93. The van der Waals surface area contributed by atoms with Crippen LogP contribution in [-0.2, 0) is 11.3 Å². The maximum absolute atomic E-state index is 13.1. The standard InChI is InChI=1S/C23H22N8O3/c1-3-4-11-25-21-20(29-34-30-21)22-27-16-7-5-6-8-17(16)31(22)13-18(32)15-9-10-19(26-12-15)28-23(33)14(2)24/h1,5-10,12,14H,4,11,13,24H2,2H3,(H,25,30)(H,26,28,33)/t14-/m0/s1. The largest absolute Gasteiger partial charge is 0.364 e. The molecule has 0 saturated carbocycles. The van der Waals surface area contributed by atoms with Crippen LogP contribution in [0.1, 0.15) is 23.7 Å². The number of terminal acetylenes is 1. The number of carbonyl (C=O) groups is 2. The van der Waals surface area contributed by atoms with E-state index in [4.69, 9.17) is 16.8 Å². The van der Waals surface area contributed by atoms with Crippen LogP contribution in [0.2, 0.25) is 0 Å². The molecule has 4 rings (SSSR count). The van der Waals surface area contributed by atoms with Crippen LogP contribution in [0, 0.1) is 12.3 Å². The van der Waals surface area contributed by atoms with Gasteiger partial charge in [0.1, 0.15) is 5.82 Å². The number of para-hydroxylation sites is 2. The molecule has 4 N–H and O–H groups in total. The number of amides is 1. The van der Waals surface area contributed by atoms with Crippen LogP contribution in [0.5, 0.6) is 0 Å². The molecule has 0 saturated heterocycles. The number of Topliss-reactive ketones (excluding diaryl/α,β-unsaturated/α-hetero) is 1. The van der Waals surface area contributed by atoms with Gasteiger partial charge in [-0.05, 0) is 41.5 Å². The molecular formula is C23H22N8O3. The molecule has 34 heavy (non-hydrogen) atoms. The predicted molar refractivity (Wildman–Crippen MR) is 126 cm³/mol. The van der Waals surface area contributed by atoms with Crippen molar-refractivity contribution < 1.29 is 14.2 Å². The van der Waals surface area contributed by atoms with Crippen molar-refractivity contribution in [3.05, 3.63) is 48.2 Å². The first-order valence-electron chi connectivity index (χ1n) is 10.5. The van der Waals surface area contributed by atoms with Crippen molar-refractivity contribution in [2.45, 2.75) is 25.9 Å². The van der Waals surface area contributed by atoms with Crippen molar-refractivity contribution >= 4 is 34.4 Å². The van der Waals surface area contributed by atoms with Crippen LogP contribution >= 0.6 is 0 Å². The monoisotopic (exact) mass is 458 g/mol. The van der Waals surface area contributed by atoms with E-state index in [1.807, 2.05) is 24.3 Å². The van der Waals surface area contributed by atoms with Gasteiger partial charge in [0.05, 0.1) is 23.6 Å². The van der Waals surface area contributed by atoms with Gasteiger partial charge in [0.15, 0.2) is 17.3 Å². The number of pyridine rings is 1. The zero-order chi connectivity index (χ0) is 24.1. The molecule has 11 nitrogen and oxygen atoms in total. The lowest BCUT2D eigenvalue weighted by Crippen LogP contribution is -2.32. The van der Waals surface area contributed by atoms with E-state index in [-0.39, 0.29) is 18.2 Å². The molecule has 0 unspecified atom stereocenters. The minimum Gasteiger partial charge on any atom is -0.364 e. The van der Waals surface area contributed by atoms with Crippen LogP contribution in [0.15, 0.2) is 47.2 Å². The number of anilines is 2. The van der Waals surface area contributed by atoms with E-state index >= 15 is 0 Å². The molecule has 0 spiro atoms. The molecule has 0 aliphatic rings. The molecule has 0 aliphatic heterocycles. The Bertz CT molecular complexity index is 1370. The number of ketones is 1. The van der Waals surface area contributed by atoms with Crippen LogP contribution in [0.3, 0.4) is 0 Å². The maximum Gasteiger partial charge on any atom is 0.242 e. The topological polar surface area (TPSA) is 154 Å². The molecule has 172 valence electrons. The summed E-state index contributed by atoms with van der Waals surface area (Å²) in [6.07, 6.45) is 7.21. The molecule has 1 amide bonds. The van der Waals surface area contributed by atoms with Gasteiger partial charge in [-0.3, -0.25) is 9.59 Å². The summed E-state index contributed by atoms with van der Waals surface area (Å²) in [6, 6.07) is 9.90. The second-order valence-corrected chi connectivity index (χ2v) is 7.49. The number of carbonyl (C=O) groups excluding carboxylic acids is 2. The fraction of sp³-hybridized carbons (Fsp3) is 0.217. The highest BCUT2D eigenvalue weighted by Gasteiger charge is 2.22. The number of aromatic nitrogens is 5. The lowest BCUT2D eigenvalue weighted by Gasteiger charge is -2.09. The Morgan fingerprint density at radius 1 is 1.24 bits per heavy atom. The zero-order valence-electron chi connectivity index (χ0n) is 18.4. The molecule has 1 aromatic carbocycles. The van der Waals surface area contributed by atoms with Gasteiger partial charge in [-0.2, -0.15) is 0 Å². The molecular weight excluding hydrogens is 436 g/mol. The Morgan fingerprint density at radius 2 is 2.06 bits per heavy atom. The lowest BCUT2D eigenvalue weighted by atomic mass is 10.2. The number of rotatable bonds is 9. The maximum atomic E-state index is 13.1. The van der Waals surface area contributed by atoms with Crippen LogP contribution in [0.4, 0.5) is 11.6 Å². The highest BCUT2D eigenvalue weighted by atomic mass is 16.6. The summed E-state index contributed by atoms with van der Waals surface area (Å²) >= 11 is 0. The third kappa shape index (κ3) is 4.77. The number of nitrogens with two attached hydrogens (primary N) is 1. The number of nitrogens with zero attached hydrogens (tertiary/aromatic N) is 5. The Balaban J connectivity index is 1.62. The van der Waals surface area contributed by atoms with E-state index < -0.39 is 6.04 Å². The van der Waals surface area contributed by atoms with Crippen molar-refractivity contribution in [2.24, 2.45) is 5.73 Å². The molecule has 3 heterocycles. The van der Waals surface area contributed by atoms with Crippen molar-refractivity contribution in [3.8, 4) is 23.9 Å². The first-order valence-corrected chi connectivity index (χ1v) is 10.5. The Labute approximate surface area is 194 Å². The summed E-state index contributed by atoms with van der Waals surface area (Å²) < 4.78 is 6.67. The van der Waals surface area contributed by atoms with Gasteiger partial charge in [0.25, 0.3) is 0 Å². The minimum absolute atomic E-state index is 0.0281. The summed E-state index contributed by atoms with van der Waals surface area (Å²) in [4.78, 5) is 33.7. The average molecular weight is 458 g/mol. The molecule has 0 fully saturated rings. The van der Waals surface area contributed by atoms with Crippen molar-refractivity contribution in [2.75, 3.05) is 17.2 Å². The molecule has 0 bridgehead atoms. The third-order valence-electron chi connectivity index (χ3n) is 4.97. The Morgan fingerprint density at radius 3 is 2.79 bits per heavy atom. The fourth-order valence-corrected chi connectivity index (χ4v) is 3.23. The smallest absolute Gasteiger partial charge is 0.242 e. The van der Waals surface area contributed by atoms with Gasteiger partial charge in [0, 0.05) is 24.7 Å². The van der Waals surface area contributed by atoms with Crippen molar-refractivity contribution in [3.63, 3.8) is 0 Å². The highest BCUT2D eigenvalue weighted by Crippen LogP contribution is 2.28. The first kappa shape index (κ1) is 22.6. The van der Waals surface area contributed by atoms with Crippen LogP contribution in [0.25, 0.3) is 22.6 Å². The summed E-state index contributed by atoms with van der Waals surface area (Å²) in [7, 11) is 0. The number of hydrogen-bond donors (Lipinski definition) is 3. The van der Waals surface area contributed by atoms with E-state index in [1.165, 1.54) is 6.20 Å². The van der Waals surface area contributed by atoms with Crippen LogP contribution < -0.4 is 16.4 Å². The van der Waals surface area contributed by atoms with E-state index in [1.54, 1.807) is 23.6 Å². The third-order valence-corrected chi connectivity index (χ3v) is 4.97. The SMILES string of the molecule is C#CCCNc1nonc1-c1nc2ccccc2n1CC(=O)c1ccc(NC(=O)[C@H](C)N)nc1. The summed E-state index contributed by atoms with van der Waals surface area (Å²) in [6.45, 7) is 2.02.